The van der Waals surface area contributed by atoms with Crippen molar-refractivity contribution in [2.24, 2.45) is 4.99 Å². The summed E-state index contributed by atoms with van der Waals surface area (Å²) in [7, 11) is 0. The molecule has 1 heteroatoms. The summed E-state index contributed by atoms with van der Waals surface area (Å²) in [6, 6.07) is 0. The van der Waals surface area contributed by atoms with E-state index in [1.165, 1.54) is 6.20 Å². The van der Waals surface area contributed by atoms with E-state index in [4.69, 9.17) is 0 Å². The lowest BCUT2D eigenvalue weighted by Crippen LogP contribution is -1.53. The third-order valence-corrected chi connectivity index (χ3v) is 0.496. The fraction of sp³-hybridized carbons (Fsp3) is 0.333. The summed E-state index contributed by atoms with van der Waals surface area (Å²) in [6.45, 7) is 12.8. The van der Waals surface area contributed by atoms with Crippen LogP contribution in [0.3, 0.4) is 0 Å². The molecular weight excluding hydrogens is 122 g/mol. The Labute approximate surface area is 63.5 Å². The lowest BCUT2D eigenvalue weighted by Gasteiger charge is -1.73. The minimum Gasteiger partial charge on any atom is -0.264 e. The van der Waals surface area contributed by atoms with Crippen molar-refractivity contribution in [3.8, 4) is 0 Å². The zero-order valence-corrected chi connectivity index (χ0v) is 7.02. The van der Waals surface area contributed by atoms with Crippen LogP contribution in [-0.4, -0.2) is 6.72 Å². The smallest absolute Gasteiger partial charge is 0.0679 e. The minimum atomic E-state index is 0.963. The van der Waals surface area contributed by atoms with Crippen molar-refractivity contribution in [2.75, 3.05) is 0 Å². The quantitative estimate of drug-likeness (QED) is 0.315. The second-order valence-electron chi connectivity index (χ2n) is 1.47. The van der Waals surface area contributed by atoms with Crippen molar-refractivity contribution in [2.45, 2.75) is 20.8 Å². The van der Waals surface area contributed by atoms with E-state index < -0.39 is 0 Å². The van der Waals surface area contributed by atoms with Gasteiger partial charge in [0.05, 0.1) is 6.20 Å². The van der Waals surface area contributed by atoms with Crippen LogP contribution in [0, 0.1) is 0 Å². The first-order valence-corrected chi connectivity index (χ1v) is 3.29. The summed E-state index contributed by atoms with van der Waals surface area (Å²) in [5, 5.41) is 0. The number of rotatable bonds is 2. The third-order valence-electron chi connectivity index (χ3n) is 0.496. The van der Waals surface area contributed by atoms with E-state index in [9.17, 15) is 0 Å². The van der Waals surface area contributed by atoms with Crippen molar-refractivity contribution in [3.05, 3.63) is 30.2 Å². The van der Waals surface area contributed by atoms with Gasteiger partial charge in [0.15, 0.2) is 0 Å². The summed E-state index contributed by atoms with van der Waals surface area (Å²) in [4.78, 5) is 3.45. The van der Waals surface area contributed by atoms with Crippen molar-refractivity contribution < 1.29 is 0 Å². The molecule has 0 aromatic rings. The summed E-state index contributed by atoms with van der Waals surface area (Å²) in [5.74, 6) is 0. The molecule has 0 radical (unpaired) electrons. The number of allylic oxidation sites excluding steroid dienone is 2. The van der Waals surface area contributed by atoms with Gasteiger partial charge in [-0.05, 0) is 19.7 Å². The maximum Gasteiger partial charge on any atom is 0.0679 e. The Bertz CT molecular complexity index is 148. The van der Waals surface area contributed by atoms with Crippen molar-refractivity contribution in [1.29, 1.82) is 0 Å². The largest absolute Gasteiger partial charge is 0.264 e. The van der Waals surface area contributed by atoms with Crippen LogP contribution in [0.15, 0.2) is 35.2 Å². The van der Waals surface area contributed by atoms with Gasteiger partial charge in [0.25, 0.3) is 0 Å². The second kappa shape index (κ2) is 10.8. The van der Waals surface area contributed by atoms with E-state index >= 15 is 0 Å². The molecule has 0 bridgehead atoms. The van der Waals surface area contributed by atoms with Gasteiger partial charge in [-0.25, -0.2) is 0 Å². The van der Waals surface area contributed by atoms with Crippen molar-refractivity contribution >= 4 is 6.72 Å². The number of hydrogen-bond donors (Lipinski definition) is 0. The minimum absolute atomic E-state index is 0.963. The highest BCUT2D eigenvalue weighted by molar-refractivity contribution is 5.25. The topological polar surface area (TPSA) is 12.4 Å². The Morgan fingerprint density at radius 2 is 2.00 bits per heavy atom. The van der Waals surface area contributed by atoms with Crippen LogP contribution in [0.5, 0.6) is 0 Å². The molecular formula is C9H15N. The molecule has 0 N–H and O–H groups in total. The highest BCUT2D eigenvalue weighted by Gasteiger charge is 1.64. The van der Waals surface area contributed by atoms with Crippen molar-refractivity contribution in [3.63, 3.8) is 0 Å². The fourth-order valence-electron chi connectivity index (χ4n) is 0.232. The molecule has 10 heavy (non-hydrogen) atoms. The molecule has 0 atom stereocenters. The van der Waals surface area contributed by atoms with Crippen LogP contribution in [0.2, 0.25) is 0 Å². The predicted octanol–water partition coefficient (Wildman–Crippen LogP) is 2.96. The van der Waals surface area contributed by atoms with E-state index in [1.807, 2.05) is 20.8 Å². The fourth-order valence-corrected chi connectivity index (χ4v) is 0.232. The highest BCUT2D eigenvalue weighted by atomic mass is 14.6. The standard InChI is InChI=1S/C7H9N.C2H6/c1-7(2)5-4-6-8-3;1-2/h5-6H,1,3H2,2H3;1-2H3. The van der Waals surface area contributed by atoms with Crippen LogP contribution < -0.4 is 0 Å². The maximum absolute atomic E-state index is 3.63. The molecule has 0 heterocycles. The van der Waals surface area contributed by atoms with Gasteiger partial charge in [0, 0.05) is 0 Å². The molecule has 0 saturated heterocycles. The van der Waals surface area contributed by atoms with E-state index in [2.05, 4.69) is 24.0 Å². The lowest BCUT2D eigenvalue weighted by molar-refractivity contribution is 1.50. The first kappa shape index (κ1) is 11.7. The highest BCUT2D eigenvalue weighted by Crippen LogP contribution is 1.84. The summed E-state index contributed by atoms with van der Waals surface area (Å²) in [5.41, 5.74) is 3.72. The Morgan fingerprint density at radius 3 is 2.30 bits per heavy atom. The Morgan fingerprint density at radius 1 is 1.50 bits per heavy atom. The molecule has 0 aliphatic rings. The van der Waals surface area contributed by atoms with Crippen LogP contribution in [0.1, 0.15) is 20.8 Å². The molecule has 1 nitrogen and oxygen atoms in total. The van der Waals surface area contributed by atoms with Gasteiger partial charge in [0.2, 0.25) is 0 Å². The van der Waals surface area contributed by atoms with Gasteiger partial charge in [0.1, 0.15) is 0 Å². The van der Waals surface area contributed by atoms with Crippen LogP contribution in [0.4, 0.5) is 0 Å². The lowest BCUT2D eigenvalue weighted by atomic mass is 10.3. The van der Waals surface area contributed by atoms with E-state index in [0.717, 1.165) is 5.57 Å². The molecule has 0 saturated carbocycles. The summed E-state index contributed by atoms with van der Waals surface area (Å²) >= 11 is 0. The number of aliphatic imine (C=N–C) groups is 1. The Hall–Kier alpha value is -1.07. The molecule has 0 amide bonds. The molecule has 0 rings (SSSR count). The number of nitrogens with zero attached hydrogens (tertiary/aromatic N) is 1. The Balaban J connectivity index is 0. The van der Waals surface area contributed by atoms with Crippen LogP contribution in [0.25, 0.3) is 0 Å². The summed E-state index contributed by atoms with van der Waals surface area (Å²) < 4.78 is 0. The van der Waals surface area contributed by atoms with E-state index in [1.54, 1.807) is 6.08 Å². The van der Waals surface area contributed by atoms with Gasteiger partial charge in [-0.1, -0.05) is 26.0 Å². The van der Waals surface area contributed by atoms with Gasteiger partial charge >= 0.3 is 0 Å². The van der Waals surface area contributed by atoms with Crippen LogP contribution in [-0.2, 0) is 0 Å². The molecule has 0 unspecified atom stereocenters. The maximum atomic E-state index is 3.63. The Kier molecular flexibility index (Phi) is 12.7. The molecule has 56 valence electrons. The third kappa shape index (κ3) is 15.8. The monoisotopic (exact) mass is 137 g/mol. The predicted molar refractivity (Wildman–Crippen MR) is 48.4 cm³/mol. The average molecular weight is 137 g/mol. The molecule has 0 aromatic heterocycles. The van der Waals surface area contributed by atoms with Gasteiger partial charge in [-0.2, -0.15) is 0 Å². The summed E-state index contributed by atoms with van der Waals surface area (Å²) in [6.07, 6.45) is 3.24. The van der Waals surface area contributed by atoms with E-state index in [0.29, 0.717) is 0 Å². The normalized spacial score (nSPS) is 5.90. The first-order valence-electron chi connectivity index (χ1n) is 3.29. The molecule has 0 spiro atoms. The van der Waals surface area contributed by atoms with Crippen LogP contribution >= 0.6 is 0 Å². The molecule has 0 aromatic carbocycles. The zero-order valence-electron chi connectivity index (χ0n) is 7.02. The SMILES string of the molecule is C=NC=C=CC(=C)C.CC. The van der Waals surface area contributed by atoms with Crippen molar-refractivity contribution in [1.82, 2.24) is 0 Å². The molecule has 0 aliphatic heterocycles. The first-order chi connectivity index (χ1) is 4.77. The number of hydrogen-bond acceptors (Lipinski definition) is 1. The zero-order chi connectivity index (χ0) is 8.41. The van der Waals surface area contributed by atoms with Gasteiger partial charge in [-0.3, -0.25) is 4.99 Å². The molecule has 0 fully saturated rings. The van der Waals surface area contributed by atoms with E-state index in [-0.39, 0.29) is 0 Å². The average Bonchev–Trinajstić information content (AvgIpc) is 1.92. The molecule has 0 aliphatic carbocycles. The van der Waals surface area contributed by atoms with Gasteiger partial charge < -0.3 is 0 Å². The van der Waals surface area contributed by atoms with Gasteiger partial charge in [-0.15, -0.1) is 5.73 Å². The second-order valence-corrected chi connectivity index (χ2v) is 1.47.